The van der Waals surface area contributed by atoms with Gasteiger partial charge in [0.2, 0.25) is 0 Å². The average Bonchev–Trinajstić information content (AvgIpc) is 2.80. The zero-order valence-corrected chi connectivity index (χ0v) is 10.7. The van der Waals surface area contributed by atoms with Crippen LogP contribution in [0.25, 0.3) is 0 Å². The van der Waals surface area contributed by atoms with E-state index in [9.17, 15) is 4.79 Å². The van der Waals surface area contributed by atoms with Crippen molar-refractivity contribution < 1.29 is 4.79 Å². The van der Waals surface area contributed by atoms with E-state index < -0.39 is 0 Å². The van der Waals surface area contributed by atoms with Gasteiger partial charge in [0, 0.05) is 6.04 Å². The van der Waals surface area contributed by atoms with E-state index in [1.165, 1.54) is 30.6 Å². The molecule has 0 aliphatic heterocycles. The summed E-state index contributed by atoms with van der Waals surface area (Å²) in [7, 11) is 0. The smallest absolute Gasteiger partial charge is 0.262 e. The highest BCUT2D eigenvalue weighted by molar-refractivity contribution is 7.12. The minimum Gasteiger partial charge on any atom is -0.348 e. The largest absolute Gasteiger partial charge is 0.348 e. The zero-order chi connectivity index (χ0) is 12.3. The molecule has 1 aromatic heterocycles. The molecule has 1 aliphatic rings. The Labute approximate surface area is 105 Å². The molecule has 1 N–H and O–H groups in total. The molecule has 0 aromatic carbocycles. The number of hydrogen-bond acceptors (Lipinski definition) is 3. The van der Waals surface area contributed by atoms with Gasteiger partial charge in [-0.25, -0.2) is 0 Å². The number of rotatable bonds is 2. The summed E-state index contributed by atoms with van der Waals surface area (Å²) in [6.45, 7) is 2.18. The molecular weight excluding hydrogens is 232 g/mol. The van der Waals surface area contributed by atoms with Crippen LogP contribution in [0.3, 0.4) is 0 Å². The molecule has 1 fully saturated rings. The third-order valence-electron chi connectivity index (χ3n) is 3.42. The van der Waals surface area contributed by atoms with Crippen LogP contribution in [-0.4, -0.2) is 11.9 Å². The van der Waals surface area contributed by atoms with Crippen LogP contribution < -0.4 is 5.32 Å². The molecular formula is C13H16N2OS. The lowest BCUT2D eigenvalue weighted by atomic mass is 9.86. The first-order valence-electron chi connectivity index (χ1n) is 6.01. The van der Waals surface area contributed by atoms with Gasteiger partial charge >= 0.3 is 0 Å². The fourth-order valence-electron chi connectivity index (χ4n) is 2.34. The summed E-state index contributed by atoms with van der Waals surface area (Å²) in [4.78, 5) is 12.6. The van der Waals surface area contributed by atoms with Gasteiger partial charge in [0.15, 0.2) is 0 Å². The molecule has 90 valence electrons. The molecule has 4 heteroatoms. The lowest BCUT2D eigenvalue weighted by Crippen LogP contribution is -2.40. The lowest BCUT2D eigenvalue weighted by molar-refractivity contribution is 0.0914. The zero-order valence-electron chi connectivity index (χ0n) is 9.90. The number of nitrogens with one attached hydrogen (secondary N) is 1. The minimum atomic E-state index is -0.0877. The molecule has 1 aliphatic carbocycles. The maximum atomic E-state index is 12.0. The summed E-state index contributed by atoms with van der Waals surface area (Å²) in [6.07, 6.45) is 4.68. The molecule has 2 unspecified atom stereocenters. The highest BCUT2D eigenvalue weighted by atomic mass is 32.1. The van der Waals surface area contributed by atoms with Crippen LogP contribution in [0, 0.1) is 17.2 Å². The first-order valence-corrected chi connectivity index (χ1v) is 6.89. The van der Waals surface area contributed by atoms with E-state index in [0.717, 1.165) is 6.42 Å². The Hall–Kier alpha value is -1.34. The van der Waals surface area contributed by atoms with Crippen LogP contribution in [0.15, 0.2) is 11.4 Å². The molecule has 1 amide bonds. The summed E-state index contributed by atoms with van der Waals surface area (Å²) in [5.74, 6) is 0.452. The quantitative estimate of drug-likeness (QED) is 0.875. The van der Waals surface area contributed by atoms with Gasteiger partial charge < -0.3 is 5.32 Å². The number of thiophene rings is 1. The second-order valence-corrected chi connectivity index (χ2v) is 5.53. The van der Waals surface area contributed by atoms with Gasteiger partial charge in [-0.15, -0.1) is 11.3 Å². The van der Waals surface area contributed by atoms with E-state index >= 15 is 0 Å². The minimum absolute atomic E-state index is 0.0877. The molecule has 1 aromatic rings. The molecule has 1 saturated carbocycles. The van der Waals surface area contributed by atoms with E-state index in [-0.39, 0.29) is 11.9 Å². The Morgan fingerprint density at radius 2 is 2.29 bits per heavy atom. The molecule has 2 atom stereocenters. The van der Waals surface area contributed by atoms with Gasteiger partial charge in [0.1, 0.15) is 10.9 Å². The Bertz CT molecular complexity index is 447. The van der Waals surface area contributed by atoms with Crippen molar-refractivity contribution in [2.45, 2.75) is 38.6 Å². The van der Waals surface area contributed by atoms with Gasteiger partial charge in [-0.3, -0.25) is 4.79 Å². The maximum absolute atomic E-state index is 12.0. The van der Waals surface area contributed by atoms with Crippen LogP contribution in [-0.2, 0) is 0 Å². The van der Waals surface area contributed by atoms with E-state index in [1.807, 2.05) is 0 Å². The fourth-order valence-corrected chi connectivity index (χ4v) is 3.08. The molecule has 0 bridgehead atoms. The first kappa shape index (κ1) is 12.1. The summed E-state index contributed by atoms with van der Waals surface area (Å²) < 4.78 is 0. The Balaban J connectivity index is 2.04. The van der Waals surface area contributed by atoms with Crippen molar-refractivity contribution in [1.82, 2.24) is 5.32 Å². The average molecular weight is 248 g/mol. The summed E-state index contributed by atoms with van der Waals surface area (Å²) in [5, 5.41) is 13.7. The van der Waals surface area contributed by atoms with Crippen LogP contribution in [0.5, 0.6) is 0 Å². The van der Waals surface area contributed by atoms with E-state index in [2.05, 4.69) is 18.3 Å². The number of carbonyl (C=O) groups is 1. The van der Waals surface area contributed by atoms with Crippen molar-refractivity contribution in [3.8, 4) is 6.07 Å². The normalized spacial score (nSPS) is 24.0. The highest BCUT2D eigenvalue weighted by Crippen LogP contribution is 2.24. The van der Waals surface area contributed by atoms with Gasteiger partial charge in [-0.05, 0) is 30.2 Å². The molecule has 1 heterocycles. The number of carbonyl (C=O) groups excluding carboxylic acids is 1. The van der Waals surface area contributed by atoms with Gasteiger partial charge in [-0.1, -0.05) is 19.8 Å². The SMILES string of the molecule is CC1CCCCC1NC(=O)c1sccc1C#N. The number of hydrogen-bond donors (Lipinski definition) is 1. The number of nitriles is 1. The van der Waals surface area contributed by atoms with Crippen molar-refractivity contribution in [3.63, 3.8) is 0 Å². The van der Waals surface area contributed by atoms with Gasteiger partial charge in [0.25, 0.3) is 5.91 Å². The van der Waals surface area contributed by atoms with E-state index in [4.69, 9.17) is 5.26 Å². The third-order valence-corrected chi connectivity index (χ3v) is 4.33. The topological polar surface area (TPSA) is 52.9 Å². The highest BCUT2D eigenvalue weighted by Gasteiger charge is 2.24. The monoisotopic (exact) mass is 248 g/mol. The van der Waals surface area contributed by atoms with E-state index in [1.54, 1.807) is 11.4 Å². The maximum Gasteiger partial charge on any atom is 0.262 e. The summed E-state index contributed by atoms with van der Waals surface area (Å²) in [6, 6.07) is 4.02. The van der Waals surface area contributed by atoms with Crippen LogP contribution in [0.2, 0.25) is 0 Å². The summed E-state index contributed by atoms with van der Waals surface area (Å²) >= 11 is 1.34. The standard InChI is InChI=1S/C13H16N2OS/c1-9-4-2-3-5-11(9)15-13(16)12-10(8-14)6-7-17-12/h6-7,9,11H,2-5H2,1H3,(H,15,16). The van der Waals surface area contributed by atoms with Crippen LogP contribution in [0.4, 0.5) is 0 Å². The molecule has 0 saturated heterocycles. The number of amides is 1. The fraction of sp³-hybridized carbons (Fsp3) is 0.538. The van der Waals surface area contributed by atoms with Crippen molar-refractivity contribution in [3.05, 3.63) is 21.9 Å². The van der Waals surface area contributed by atoms with Crippen molar-refractivity contribution in [2.24, 2.45) is 5.92 Å². The first-order chi connectivity index (χ1) is 8.22. The second kappa shape index (κ2) is 5.33. The van der Waals surface area contributed by atoms with Gasteiger partial charge in [-0.2, -0.15) is 5.26 Å². The molecule has 3 nitrogen and oxygen atoms in total. The van der Waals surface area contributed by atoms with Crippen molar-refractivity contribution in [1.29, 1.82) is 5.26 Å². The van der Waals surface area contributed by atoms with Crippen LogP contribution >= 0.6 is 11.3 Å². The van der Waals surface area contributed by atoms with Crippen molar-refractivity contribution in [2.75, 3.05) is 0 Å². The third kappa shape index (κ3) is 2.67. The predicted octanol–water partition coefficient (Wildman–Crippen LogP) is 2.93. The Morgan fingerprint density at radius 3 is 3.00 bits per heavy atom. The van der Waals surface area contributed by atoms with Crippen LogP contribution in [0.1, 0.15) is 47.8 Å². The van der Waals surface area contributed by atoms with Gasteiger partial charge in [0.05, 0.1) is 5.56 Å². The second-order valence-electron chi connectivity index (χ2n) is 4.62. The molecule has 0 spiro atoms. The Morgan fingerprint density at radius 1 is 1.53 bits per heavy atom. The molecule has 0 radical (unpaired) electrons. The lowest BCUT2D eigenvalue weighted by Gasteiger charge is -2.29. The summed E-state index contributed by atoms with van der Waals surface area (Å²) in [5.41, 5.74) is 0.482. The molecule has 2 rings (SSSR count). The van der Waals surface area contributed by atoms with E-state index in [0.29, 0.717) is 16.4 Å². The Kier molecular flexibility index (Phi) is 3.80. The predicted molar refractivity (Wildman–Crippen MR) is 67.9 cm³/mol. The number of nitrogens with zero attached hydrogens (tertiary/aromatic N) is 1. The molecule has 17 heavy (non-hydrogen) atoms. The van der Waals surface area contributed by atoms with Crippen molar-refractivity contribution >= 4 is 17.2 Å².